The molecule has 0 spiro atoms. The van der Waals surface area contributed by atoms with E-state index in [0.29, 0.717) is 13.1 Å². The lowest BCUT2D eigenvalue weighted by molar-refractivity contribution is 0.0411. The fraction of sp³-hybridized carbons (Fsp3) is 0.500. The highest BCUT2D eigenvalue weighted by Crippen LogP contribution is 2.22. The second-order valence-electron chi connectivity index (χ2n) is 5.24. The maximum absolute atomic E-state index is 13.2. The molecule has 104 valence electrons. The maximum Gasteiger partial charge on any atom is 0.257 e. The number of phenols is 1. The van der Waals surface area contributed by atoms with E-state index in [4.69, 9.17) is 0 Å². The summed E-state index contributed by atoms with van der Waals surface area (Å²) in [6.45, 7) is 5.24. The Morgan fingerprint density at radius 1 is 1.32 bits per heavy atom. The number of carbonyl (C=O) groups is 1. The summed E-state index contributed by atoms with van der Waals surface area (Å²) in [7, 11) is 2.02. The van der Waals surface area contributed by atoms with Crippen molar-refractivity contribution >= 4 is 5.91 Å². The third-order valence-corrected chi connectivity index (χ3v) is 3.84. The first-order valence-corrected chi connectivity index (χ1v) is 6.40. The van der Waals surface area contributed by atoms with E-state index in [1.807, 2.05) is 20.9 Å². The van der Waals surface area contributed by atoms with Crippen LogP contribution in [0.2, 0.25) is 0 Å². The zero-order valence-corrected chi connectivity index (χ0v) is 11.4. The summed E-state index contributed by atoms with van der Waals surface area (Å²) in [5, 5.41) is 9.70. The number of amides is 1. The van der Waals surface area contributed by atoms with Crippen LogP contribution in [0.25, 0.3) is 0 Å². The van der Waals surface area contributed by atoms with Gasteiger partial charge in [-0.25, -0.2) is 4.39 Å². The van der Waals surface area contributed by atoms with E-state index in [2.05, 4.69) is 4.90 Å². The number of likely N-dealkylation sites (N-methyl/N-ethyl adjacent to an activating group) is 1. The molecule has 19 heavy (non-hydrogen) atoms. The molecule has 1 fully saturated rings. The quantitative estimate of drug-likeness (QED) is 0.841. The molecule has 0 radical (unpaired) electrons. The van der Waals surface area contributed by atoms with Crippen LogP contribution in [0, 0.1) is 5.82 Å². The summed E-state index contributed by atoms with van der Waals surface area (Å²) in [6, 6.07) is 3.92. The molecule has 1 aromatic rings. The van der Waals surface area contributed by atoms with Gasteiger partial charge < -0.3 is 10.0 Å². The molecule has 1 amide bonds. The molecule has 1 aliphatic heterocycles. The van der Waals surface area contributed by atoms with Crippen molar-refractivity contribution in [3.8, 4) is 5.75 Å². The van der Waals surface area contributed by atoms with Crippen LogP contribution < -0.4 is 0 Å². The molecule has 1 aromatic carbocycles. The summed E-state index contributed by atoms with van der Waals surface area (Å²) in [6.07, 6.45) is 0. The van der Waals surface area contributed by atoms with E-state index in [1.54, 1.807) is 4.90 Å². The fourth-order valence-electron chi connectivity index (χ4n) is 2.42. The van der Waals surface area contributed by atoms with E-state index >= 15 is 0 Å². The Morgan fingerprint density at radius 2 is 1.89 bits per heavy atom. The van der Waals surface area contributed by atoms with Crippen molar-refractivity contribution in [2.45, 2.75) is 25.9 Å². The number of phenolic OH excluding ortho intramolecular Hbond substituents is 1. The Hall–Kier alpha value is -1.62. The van der Waals surface area contributed by atoms with E-state index < -0.39 is 5.82 Å². The van der Waals surface area contributed by atoms with Crippen molar-refractivity contribution in [3.63, 3.8) is 0 Å². The van der Waals surface area contributed by atoms with Gasteiger partial charge >= 0.3 is 0 Å². The van der Waals surface area contributed by atoms with Gasteiger partial charge in [-0.2, -0.15) is 0 Å². The van der Waals surface area contributed by atoms with Crippen molar-refractivity contribution in [2.24, 2.45) is 0 Å². The molecule has 1 saturated heterocycles. The minimum absolute atomic E-state index is 0.0314. The average molecular weight is 266 g/mol. The van der Waals surface area contributed by atoms with Gasteiger partial charge in [-0.05, 0) is 39.1 Å². The predicted molar refractivity (Wildman–Crippen MR) is 70.7 cm³/mol. The Bertz CT molecular complexity index is 480. The van der Waals surface area contributed by atoms with E-state index in [9.17, 15) is 14.3 Å². The standard InChI is InChI=1S/C14H19FN2O2/c1-9-7-17(8-10(2)16(9)3)14(19)12-6-11(15)4-5-13(12)18/h4-6,9-10,18H,7-8H2,1-3H3. The molecule has 0 aliphatic carbocycles. The third kappa shape index (κ3) is 2.71. The van der Waals surface area contributed by atoms with E-state index in [-0.39, 0.29) is 29.3 Å². The number of aromatic hydroxyl groups is 1. The first-order valence-electron chi connectivity index (χ1n) is 6.40. The monoisotopic (exact) mass is 266 g/mol. The average Bonchev–Trinajstić information content (AvgIpc) is 2.37. The van der Waals surface area contributed by atoms with Gasteiger partial charge in [-0.15, -0.1) is 0 Å². The van der Waals surface area contributed by atoms with Gasteiger partial charge in [-0.1, -0.05) is 0 Å². The SMILES string of the molecule is CC1CN(C(=O)c2cc(F)ccc2O)CC(C)N1C. The summed E-state index contributed by atoms with van der Waals surface area (Å²) < 4.78 is 13.2. The smallest absolute Gasteiger partial charge is 0.257 e. The number of nitrogens with zero attached hydrogens (tertiary/aromatic N) is 2. The Labute approximate surface area is 112 Å². The van der Waals surface area contributed by atoms with Gasteiger partial charge in [0.25, 0.3) is 5.91 Å². The largest absolute Gasteiger partial charge is 0.507 e. The maximum atomic E-state index is 13.2. The number of carbonyl (C=O) groups excluding carboxylic acids is 1. The number of rotatable bonds is 1. The molecule has 2 unspecified atom stereocenters. The van der Waals surface area contributed by atoms with Gasteiger partial charge in [0.1, 0.15) is 11.6 Å². The summed E-state index contributed by atoms with van der Waals surface area (Å²) in [5.74, 6) is -1.01. The lowest BCUT2D eigenvalue weighted by atomic mass is 10.1. The first-order chi connectivity index (χ1) is 8.90. The Morgan fingerprint density at radius 3 is 2.47 bits per heavy atom. The lowest BCUT2D eigenvalue weighted by Gasteiger charge is -2.42. The van der Waals surface area contributed by atoms with Crippen LogP contribution in [-0.2, 0) is 0 Å². The van der Waals surface area contributed by atoms with Crippen LogP contribution in [-0.4, -0.2) is 53.0 Å². The van der Waals surface area contributed by atoms with Crippen LogP contribution >= 0.6 is 0 Å². The van der Waals surface area contributed by atoms with Crippen molar-refractivity contribution in [3.05, 3.63) is 29.6 Å². The van der Waals surface area contributed by atoms with Gasteiger partial charge in [0.2, 0.25) is 0 Å². The van der Waals surface area contributed by atoms with Crippen molar-refractivity contribution in [1.82, 2.24) is 9.80 Å². The third-order valence-electron chi connectivity index (χ3n) is 3.84. The van der Waals surface area contributed by atoms with Gasteiger partial charge in [0, 0.05) is 25.2 Å². The Kier molecular flexibility index (Phi) is 3.75. The summed E-state index contributed by atoms with van der Waals surface area (Å²) in [4.78, 5) is 16.2. The van der Waals surface area contributed by atoms with Crippen LogP contribution in [0.1, 0.15) is 24.2 Å². The first kappa shape index (κ1) is 13.8. The second-order valence-corrected chi connectivity index (χ2v) is 5.24. The normalized spacial score (nSPS) is 24.5. The number of hydrogen-bond donors (Lipinski definition) is 1. The molecule has 2 atom stereocenters. The van der Waals surface area contributed by atoms with Crippen LogP contribution in [0.4, 0.5) is 4.39 Å². The number of piperazine rings is 1. The minimum Gasteiger partial charge on any atom is -0.507 e. The highest BCUT2D eigenvalue weighted by atomic mass is 19.1. The van der Waals surface area contributed by atoms with Crippen molar-refractivity contribution in [2.75, 3.05) is 20.1 Å². The highest BCUT2D eigenvalue weighted by molar-refractivity contribution is 5.97. The molecule has 1 aliphatic rings. The fourth-order valence-corrected chi connectivity index (χ4v) is 2.42. The van der Waals surface area contributed by atoms with E-state index in [1.165, 1.54) is 6.07 Å². The lowest BCUT2D eigenvalue weighted by Crippen LogP contribution is -2.56. The van der Waals surface area contributed by atoms with Gasteiger partial charge in [0.05, 0.1) is 5.56 Å². The van der Waals surface area contributed by atoms with Crippen LogP contribution in [0.5, 0.6) is 5.75 Å². The van der Waals surface area contributed by atoms with Crippen molar-refractivity contribution < 1.29 is 14.3 Å². The molecular formula is C14H19FN2O2. The van der Waals surface area contributed by atoms with Crippen LogP contribution in [0.3, 0.4) is 0 Å². The molecule has 0 aromatic heterocycles. The van der Waals surface area contributed by atoms with Gasteiger partial charge in [-0.3, -0.25) is 9.69 Å². The molecule has 1 N–H and O–H groups in total. The molecule has 0 bridgehead atoms. The topological polar surface area (TPSA) is 43.8 Å². The zero-order valence-electron chi connectivity index (χ0n) is 11.4. The zero-order chi connectivity index (χ0) is 14.2. The molecule has 0 saturated carbocycles. The van der Waals surface area contributed by atoms with E-state index in [0.717, 1.165) is 12.1 Å². The Balaban J connectivity index is 2.22. The number of benzene rings is 1. The highest BCUT2D eigenvalue weighted by Gasteiger charge is 2.30. The van der Waals surface area contributed by atoms with Crippen molar-refractivity contribution in [1.29, 1.82) is 0 Å². The van der Waals surface area contributed by atoms with Crippen LogP contribution in [0.15, 0.2) is 18.2 Å². The molecule has 2 rings (SSSR count). The molecule has 5 heteroatoms. The molecule has 4 nitrogen and oxygen atoms in total. The van der Waals surface area contributed by atoms with Gasteiger partial charge in [0.15, 0.2) is 0 Å². The number of halogens is 1. The summed E-state index contributed by atoms with van der Waals surface area (Å²) in [5.41, 5.74) is 0.0314. The molecular weight excluding hydrogens is 247 g/mol. The number of hydrogen-bond acceptors (Lipinski definition) is 3. The predicted octanol–water partition coefficient (Wildman–Crippen LogP) is 1.70. The summed E-state index contributed by atoms with van der Waals surface area (Å²) >= 11 is 0. The second kappa shape index (κ2) is 5.17. The minimum atomic E-state index is -0.517. The molecule has 1 heterocycles.